The van der Waals surface area contributed by atoms with Crippen molar-refractivity contribution in [1.29, 1.82) is 0 Å². The minimum Gasteiger partial charge on any atom is -0.342 e. The summed E-state index contributed by atoms with van der Waals surface area (Å²) in [6.07, 6.45) is 7.18. The molecule has 0 aliphatic carbocycles. The van der Waals surface area contributed by atoms with Crippen LogP contribution in [0.1, 0.15) is 52.4 Å². The standard InChI is InChI=1S/C16H28N2O/c1-11-5-12(2)10-18(9-11)16(19)8-13-6-14-3-4-15(7-13)17-14/h11-15,17H,3-10H2,1-2H3. The number of carbonyl (C=O) groups is 1. The number of fused-ring (bicyclic) bond motifs is 2. The lowest BCUT2D eigenvalue weighted by molar-refractivity contribution is -0.135. The van der Waals surface area contributed by atoms with Crippen LogP contribution in [0.25, 0.3) is 0 Å². The lowest BCUT2D eigenvalue weighted by Gasteiger charge is -2.36. The van der Waals surface area contributed by atoms with Crippen LogP contribution in [0.4, 0.5) is 0 Å². The fourth-order valence-corrected chi connectivity index (χ4v) is 4.58. The van der Waals surface area contributed by atoms with Gasteiger partial charge in [-0.15, -0.1) is 0 Å². The smallest absolute Gasteiger partial charge is 0.222 e. The molecule has 0 aromatic carbocycles. The van der Waals surface area contributed by atoms with Gasteiger partial charge in [-0.1, -0.05) is 13.8 Å². The van der Waals surface area contributed by atoms with Crippen molar-refractivity contribution in [2.24, 2.45) is 17.8 Å². The molecule has 3 aliphatic heterocycles. The van der Waals surface area contributed by atoms with Crippen molar-refractivity contribution in [2.45, 2.75) is 64.5 Å². The molecule has 0 aromatic heterocycles. The normalized spacial score (nSPS) is 42.4. The highest BCUT2D eigenvalue weighted by Crippen LogP contribution is 2.33. The lowest BCUT2D eigenvalue weighted by atomic mass is 9.87. The number of hydrogen-bond donors (Lipinski definition) is 1. The Morgan fingerprint density at radius 3 is 2.21 bits per heavy atom. The number of hydrogen-bond acceptors (Lipinski definition) is 2. The molecule has 0 saturated carbocycles. The molecular formula is C16H28N2O. The Morgan fingerprint density at radius 1 is 1.05 bits per heavy atom. The van der Waals surface area contributed by atoms with Crippen molar-refractivity contribution in [3.8, 4) is 0 Å². The quantitative estimate of drug-likeness (QED) is 0.830. The maximum atomic E-state index is 12.5. The summed E-state index contributed by atoms with van der Waals surface area (Å²) in [4.78, 5) is 14.6. The summed E-state index contributed by atoms with van der Waals surface area (Å²) in [6.45, 7) is 6.53. The van der Waals surface area contributed by atoms with Gasteiger partial charge in [0.1, 0.15) is 0 Å². The summed E-state index contributed by atoms with van der Waals surface area (Å²) in [5, 5.41) is 3.66. The molecule has 4 unspecified atom stereocenters. The van der Waals surface area contributed by atoms with Crippen LogP contribution >= 0.6 is 0 Å². The Hall–Kier alpha value is -0.570. The first kappa shape index (κ1) is 13.4. The van der Waals surface area contributed by atoms with Crippen molar-refractivity contribution >= 4 is 5.91 Å². The minimum atomic E-state index is 0.421. The first-order chi connectivity index (χ1) is 9.10. The molecule has 0 spiro atoms. The summed E-state index contributed by atoms with van der Waals surface area (Å²) in [6, 6.07) is 1.41. The number of amides is 1. The van der Waals surface area contributed by atoms with Crippen molar-refractivity contribution < 1.29 is 4.79 Å². The van der Waals surface area contributed by atoms with Crippen molar-refractivity contribution in [3.63, 3.8) is 0 Å². The van der Waals surface area contributed by atoms with Crippen LogP contribution in [0.3, 0.4) is 0 Å². The van der Waals surface area contributed by atoms with Crippen LogP contribution in [-0.4, -0.2) is 36.0 Å². The highest BCUT2D eigenvalue weighted by Gasteiger charge is 2.35. The van der Waals surface area contributed by atoms with Crippen LogP contribution in [0, 0.1) is 17.8 Å². The van der Waals surface area contributed by atoms with Crippen molar-refractivity contribution in [2.75, 3.05) is 13.1 Å². The highest BCUT2D eigenvalue weighted by atomic mass is 16.2. The Balaban J connectivity index is 1.53. The monoisotopic (exact) mass is 264 g/mol. The minimum absolute atomic E-state index is 0.421. The van der Waals surface area contributed by atoms with Crippen LogP contribution in [0.15, 0.2) is 0 Å². The number of piperidine rings is 2. The van der Waals surface area contributed by atoms with E-state index in [-0.39, 0.29) is 0 Å². The van der Waals surface area contributed by atoms with E-state index in [9.17, 15) is 4.79 Å². The van der Waals surface area contributed by atoms with Gasteiger partial charge in [-0.3, -0.25) is 4.79 Å². The third-order valence-electron chi connectivity index (χ3n) is 5.26. The Labute approximate surface area is 117 Å². The van der Waals surface area contributed by atoms with Gasteiger partial charge >= 0.3 is 0 Å². The molecule has 3 heterocycles. The molecule has 1 amide bonds. The van der Waals surface area contributed by atoms with Gasteiger partial charge in [0.15, 0.2) is 0 Å². The van der Waals surface area contributed by atoms with E-state index in [4.69, 9.17) is 0 Å². The fourth-order valence-electron chi connectivity index (χ4n) is 4.58. The zero-order chi connectivity index (χ0) is 13.4. The SMILES string of the molecule is CC1CC(C)CN(C(=O)CC2CC3CCC(C2)N3)C1. The first-order valence-corrected chi connectivity index (χ1v) is 8.14. The van der Waals surface area contributed by atoms with Crippen LogP contribution in [0.5, 0.6) is 0 Å². The molecule has 108 valence electrons. The largest absolute Gasteiger partial charge is 0.342 e. The molecule has 3 rings (SSSR count). The van der Waals surface area contributed by atoms with Gasteiger partial charge in [0, 0.05) is 31.6 Å². The topological polar surface area (TPSA) is 32.3 Å². The number of likely N-dealkylation sites (tertiary alicyclic amines) is 1. The maximum Gasteiger partial charge on any atom is 0.222 e. The third kappa shape index (κ3) is 3.13. The Kier molecular flexibility index (Phi) is 3.84. The van der Waals surface area contributed by atoms with Gasteiger partial charge in [-0.05, 0) is 49.9 Å². The number of nitrogens with zero attached hydrogens (tertiary/aromatic N) is 1. The highest BCUT2D eigenvalue weighted by molar-refractivity contribution is 5.76. The summed E-state index contributed by atoms with van der Waals surface area (Å²) in [5.41, 5.74) is 0. The molecular weight excluding hydrogens is 236 g/mol. The van der Waals surface area contributed by atoms with E-state index in [2.05, 4.69) is 24.1 Å². The predicted molar refractivity (Wildman–Crippen MR) is 76.8 cm³/mol. The summed E-state index contributed by atoms with van der Waals surface area (Å²) in [7, 11) is 0. The lowest BCUT2D eigenvalue weighted by Crippen LogP contribution is -2.44. The number of nitrogens with one attached hydrogen (secondary N) is 1. The Bertz CT molecular complexity index is 322. The Morgan fingerprint density at radius 2 is 1.63 bits per heavy atom. The molecule has 3 heteroatoms. The summed E-state index contributed by atoms with van der Waals surface area (Å²) >= 11 is 0. The van der Waals surface area contributed by atoms with Crippen molar-refractivity contribution in [1.82, 2.24) is 10.2 Å². The van der Waals surface area contributed by atoms with Gasteiger partial charge in [0.05, 0.1) is 0 Å². The molecule has 0 aromatic rings. The van der Waals surface area contributed by atoms with Crippen molar-refractivity contribution in [3.05, 3.63) is 0 Å². The summed E-state index contributed by atoms with van der Waals surface area (Å²) < 4.78 is 0. The molecule has 4 atom stereocenters. The second-order valence-electron chi connectivity index (χ2n) is 7.42. The van der Waals surface area contributed by atoms with Gasteiger partial charge < -0.3 is 10.2 Å². The van der Waals surface area contributed by atoms with E-state index in [1.165, 1.54) is 32.1 Å². The fraction of sp³-hybridized carbons (Fsp3) is 0.938. The van der Waals surface area contributed by atoms with Gasteiger partial charge in [-0.25, -0.2) is 0 Å². The molecule has 3 nitrogen and oxygen atoms in total. The van der Waals surface area contributed by atoms with E-state index >= 15 is 0 Å². The van der Waals surface area contributed by atoms with E-state index < -0.39 is 0 Å². The molecule has 2 bridgehead atoms. The van der Waals surface area contributed by atoms with Gasteiger partial charge in [0.25, 0.3) is 0 Å². The molecule has 0 radical (unpaired) electrons. The van der Waals surface area contributed by atoms with E-state index in [0.29, 0.717) is 35.7 Å². The third-order valence-corrected chi connectivity index (χ3v) is 5.26. The van der Waals surface area contributed by atoms with Crippen LogP contribution in [-0.2, 0) is 4.79 Å². The maximum absolute atomic E-state index is 12.5. The second-order valence-corrected chi connectivity index (χ2v) is 7.42. The zero-order valence-corrected chi connectivity index (χ0v) is 12.4. The zero-order valence-electron chi connectivity index (χ0n) is 12.4. The average Bonchev–Trinajstić information content (AvgIpc) is 2.67. The predicted octanol–water partition coefficient (Wildman–Crippen LogP) is 2.41. The number of rotatable bonds is 2. The molecule has 1 N–H and O–H groups in total. The molecule has 19 heavy (non-hydrogen) atoms. The molecule has 3 saturated heterocycles. The molecule has 3 aliphatic rings. The van der Waals surface area contributed by atoms with Gasteiger partial charge in [-0.2, -0.15) is 0 Å². The van der Waals surface area contributed by atoms with Gasteiger partial charge in [0.2, 0.25) is 5.91 Å². The van der Waals surface area contributed by atoms with E-state index in [0.717, 1.165) is 19.5 Å². The summed E-state index contributed by atoms with van der Waals surface area (Å²) in [5.74, 6) is 2.41. The average molecular weight is 264 g/mol. The van der Waals surface area contributed by atoms with E-state index in [1.807, 2.05) is 0 Å². The van der Waals surface area contributed by atoms with E-state index in [1.54, 1.807) is 0 Å². The number of carbonyl (C=O) groups excluding carboxylic acids is 1. The van der Waals surface area contributed by atoms with Crippen LogP contribution in [0.2, 0.25) is 0 Å². The first-order valence-electron chi connectivity index (χ1n) is 8.14. The second kappa shape index (κ2) is 5.43. The molecule has 3 fully saturated rings. The van der Waals surface area contributed by atoms with Crippen LogP contribution < -0.4 is 5.32 Å².